The number of amides is 1. The minimum absolute atomic E-state index is 0. The smallest absolute Gasteiger partial charge is 0.251 e. The molecule has 0 heterocycles. The number of carbonyl (C=O) groups is 1. The van der Waals surface area contributed by atoms with Gasteiger partial charge >= 0.3 is 0 Å². The van der Waals surface area contributed by atoms with Crippen LogP contribution in [0.3, 0.4) is 0 Å². The second-order valence-electron chi connectivity index (χ2n) is 2.76. The summed E-state index contributed by atoms with van der Waals surface area (Å²) in [5.41, 5.74) is 6.00. The highest BCUT2D eigenvalue weighted by Crippen LogP contribution is 1.97. The molecule has 14 heavy (non-hydrogen) atoms. The van der Waals surface area contributed by atoms with Crippen LogP contribution in [0.5, 0.6) is 0 Å². The van der Waals surface area contributed by atoms with Gasteiger partial charge in [0.2, 0.25) is 0 Å². The van der Waals surface area contributed by atoms with Crippen molar-refractivity contribution in [3.8, 4) is 0 Å². The minimum atomic E-state index is -0.0333. The molecule has 0 fully saturated rings. The van der Waals surface area contributed by atoms with Gasteiger partial charge < -0.3 is 11.1 Å². The van der Waals surface area contributed by atoms with E-state index in [0.717, 1.165) is 6.42 Å². The van der Waals surface area contributed by atoms with Gasteiger partial charge in [-0.05, 0) is 25.1 Å². The number of nitrogens with two attached hydrogens (primary N) is 1. The van der Waals surface area contributed by atoms with Crippen LogP contribution < -0.4 is 11.1 Å². The minimum Gasteiger partial charge on any atom is -0.352 e. The van der Waals surface area contributed by atoms with Gasteiger partial charge in [-0.3, -0.25) is 4.79 Å². The molecule has 0 aromatic heterocycles. The summed E-state index contributed by atoms with van der Waals surface area (Å²) >= 11 is 0. The van der Waals surface area contributed by atoms with Gasteiger partial charge in [-0.2, -0.15) is 0 Å². The summed E-state index contributed by atoms with van der Waals surface area (Å²) in [7, 11) is 0. The highest BCUT2D eigenvalue weighted by Gasteiger charge is 2.01. The van der Waals surface area contributed by atoms with Crippen molar-refractivity contribution in [2.45, 2.75) is 6.42 Å². The lowest BCUT2D eigenvalue weighted by Crippen LogP contribution is -2.25. The monoisotopic (exact) mass is 192 g/mol. The van der Waals surface area contributed by atoms with Gasteiger partial charge in [0, 0.05) is 12.1 Å². The molecule has 0 spiro atoms. The highest BCUT2D eigenvalue weighted by molar-refractivity contribution is 5.94. The average Bonchev–Trinajstić information content (AvgIpc) is 2.19. The van der Waals surface area contributed by atoms with E-state index in [1.807, 2.05) is 18.2 Å². The van der Waals surface area contributed by atoms with Gasteiger partial charge in [0.1, 0.15) is 0 Å². The fourth-order valence-electron chi connectivity index (χ4n) is 0.996. The maximum atomic E-state index is 11.4. The molecule has 0 radical (unpaired) electrons. The zero-order chi connectivity index (χ0) is 9.52. The Morgan fingerprint density at radius 1 is 1.29 bits per heavy atom. The fourth-order valence-corrected chi connectivity index (χ4v) is 0.996. The zero-order valence-electron chi connectivity index (χ0n) is 7.49. The maximum Gasteiger partial charge on any atom is 0.251 e. The number of benzene rings is 1. The summed E-state index contributed by atoms with van der Waals surface area (Å²) in [6, 6.07) is 9.15. The van der Waals surface area contributed by atoms with Crippen molar-refractivity contribution < 1.29 is 4.79 Å². The first-order chi connectivity index (χ1) is 6.34. The Bertz CT molecular complexity index is 264. The molecule has 0 aliphatic heterocycles. The highest BCUT2D eigenvalue weighted by atomic mass is 16.1. The molecule has 0 aliphatic carbocycles. The molecule has 1 aromatic carbocycles. The lowest BCUT2D eigenvalue weighted by atomic mass is 10.2. The van der Waals surface area contributed by atoms with Gasteiger partial charge in [0.25, 0.3) is 5.91 Å². The van der Waals surface area contributed by atoms with Crippen LogP contribution in [0.15, 0.2) is 30.3 Å². The SMILES string of the molecule is B.NCCCNC(=O)c1ccccc1. The average molecular weight is 192 g/mol. The molecule has 76 valence electrons. The third-order valence-electron chi connectivity index (χ3n) is 1.70. The van der Waals surface area contributed by atoms with Crippen LogP contribution >= 0.6 is 0 Å². The number of hydrogen-bond acceptors (Lipinski definition) is 2. The van der Waals surface area contributed by atoms with Crippen LogP contribution in [-0.4, -0.2) is 27.4 Å². The summed E-state index contributed by atoms with van der Waals surface area (Å²) in [5.74, 6) is -0.0333. The maximum absolute atomic E-state index is 11.4. The molecule has 1 rings (SSSR count). The standard InChI is InChI=1S/C10H14N2O.BH3/c11-7-4-8-12-10(13)9-5-2-1-3-6-9;/h1-3,5-6H,4,7-8,11H2,(H,12,13);1H3. The Balaban J connectivity index is 0.00000169. The lowest BCUT2D eigenvalue weighted by molar-refractivity contribution is 0.0953. The molecule has 0 saturated heterocycles. The van der Waals surface area contributed by atoms with E-state index in [4.69, 9.17) is 5.73 Å². The molecule has 0 atom stereocenters. The Morgan fingerprint density at radius 3 is 2.50 bits per heavy atom. The second kappa shape index (κ2) is 7.15. The molecule has 1 aromatic rings. The summed E-state index contributed by atoms with van der Waals surface area (Å²) in [6.45, 7) is 1.25. The quantitative estimate of drug-likeness (QED) is 0.503. The largest absolute Gasteiger partial charge is 0.352 e. The molecule has 1 amide bonds. The number of hydrogen-bond donors (Lipinski definition) is 2. The van der Waals surface area contributed by atoms with Crippen LogP contribution in [-0.2, 0) is 0 Å². The van der Waals surface area contributed by atoms with Crippen LogP contribution in [0.25, 0.3) is 0 Å². The van der Waals surface area contributed by atoms with E-state index in [9.17, 15) is 4.79 Å². The van der Waals surface area contributed by atoms with Crippen LogP contribution in [0, 0.1) is 0 Å². The molecule has 0 aliphatic rings. The lowest BCUT2D eigenvalue weighted by Gasteiger charge is -2.02. The topological polar surface area (TPSA) is 55.1 Å². The van der Waals surface area contributed by atoms with E-state index in [1.54, 1.807) is 12.1 Å². The van der Waals surface area contributed by atoms with Crippen LogP contribution in [0.2, 0.25) is 0 Å². The summed E-state index contributed by atoms with van der Waals surface area (Å²) in [4.78, 5) is 11.4. The van der Waals surface area contributed by atoms with E-state index in [1.165, 1.54) is 0 Å². The molecule has 0 unspecified atom stereocenters. The van der Waals surface area contributed by atoms with E-state index in [2.05, 4.69) is 5.32 Å². The third kappa shape index (κ3) is 4.09. The zero-order valence-corrected chi connectivity index (χ0v) is 7.49. The normalized spacial score (nSPS) is 8.93. The Labute approximate surface area is 86.3 Å². The van der Waals surface area contributed by atoms with Gasteiger partial charge in [0.05, 0.1) is 8.41 Å². The van der Waals surface area contributed by atoms with Crippen molar-refractivity contribution in [3.63, 3.8) is 0 Å². The number of rotatable bonds is 4. The summed E-state index contributed by atoms with van der Waals surface area (Å²) in [5, 5.41) is 2.78. The molecular formula is C10H17BN2O. The molecule has 3 nitrogen and oxygen atoms in total. The first kappa shape index (κ1) is 12.7. The third-order valence-corrected chi connectivity index (χ3v) is 1.70. The van der Waals surface area contributed by atoms with Crippen molar-refractivity contribution in [1.82, 2.24) is 5.32 Å². The first-order valence-electron chi connectivity index (χ1n) is 4.38. The van der Waals surface area contributed by atoms with Crippen molar-refractivity contribution in [1.29, 1.82) is 0 Å². The van der Waals surface area contributed by atoms with Crippen molar-refractivity contribution >= 4 is 14.3 Å². The predicted octanol–water partition coefficient (Wildman–Crippen LogP) is -0.419. The van der Waals surface area contributed by atoms with Gasteiger partial charge in [0.15, 0.2) is 0 Å². The predicted molar refractivity (Wildman–Crippen MR) is 62.4 cm³/mol. The number of carbonyl (C=O) groups excluding carboxylic acids is 1. The van der Waals surface area contributed by atoms with Crippen molar-refractivity contribution in [2.24, 2.45) is 5.73 Å². The van der Waals surface area contributed by atoms with Gasteiger partial charge in [-0.25, -0.2) is 0 Å². The van der Waals surface area contributed by atoms with Crippen molar-refractivity contribution in [3.05, 3.63) is 35.9 Å². The number of nitrogens with one attached hydrogen (secondary N) is 1. The van der Waals surface area contributed by atoms with E-state index in [0.29, 0.717) is 18.7 Å². The van der Waals surface area contributed by atoms with Gasteiger partial charge in [-0.1, -0.05) is 18.2 Å². The molecule has 0 saturated carbocycles. The Morgan fingerprint density at radius 2 is 1.93 bits per heavy atom. The summed E-state index contributed by atoms with van der Waals surface area (Å²) < 4.78 is 0. The molecule has 3 N–H and O–H groups in total. The first-order valence-corrected chi connectivity index (χ1v) is 4.38. The Hall–Kier alpha value is -1.29. The fraction of sp³-hybridized carbons (Fsp3) is 0.300. The van der Waals surface area contributed by atoms with Gasteiger partial charge in [-0.15, -0.1) is 0 Å². The second-order valence-corrected chi connectivity index (χ2v) is 2.76. The van der Waals surface area contributed by atoms with E-state index in [-0.39, 0.29) is 14.3 Å². The molecule has 0 bridgehead atoms. The summed E-state index contributed by atoms with van der Waals surface area (Å²) in [6.07, 6.45) is 0.818. The Kier molecular flexibility index (Phi) is 6.49. The van der Waals surface area contributed by atoms with Crippen LogP contribution in [0.4, 0.5) is 0 Å². The van der Waals surface area contributed by atoms with E-state index < -0.39 is 0 Å². The van der Waals surface area contributed by atoms with E-state index >= 15 is 0 Å². The molecular weight excluding hydrogens is 175 g/mol. The van der Waals surface area contributed by atoms with Crippen molar-refractivity contribution in [2.75, 3.05) is 13.1 Å². The van der Waals surface area contributed by atoms with Crippen LogP contribution in [0.1, 0.15) is 16.8 Å². The molecule has 4 heteroatoms.